The van der Waals surface area contributed by atoms with Crippen molar-refractivity contribution in [3.63, 3.8) is 0 Å². The van der Waals surface area contributed by atoms with Crippen molar-refractivity contribution in [3.05, 3.63) is 29.8 Å². The second-order valence-corrected chi connectivity index (χ2v) is 3.56. The number of alkyl halides is 1. The van der Waals surface area contributed by atoms with E-state index >= 15 is 0 Å². The second kappa shape index (κ2) is 5.57. The molecule has 0 amide bonds. The van der Waals surface area contributed by atoms with Crippen molar-refractivity contribution in [3.8, 4) is 11.8 Å². The molecule has 0 aliphatic carbocycles. The highest BCUT2D eigenvalue weighted by molar-refractivity contribution is 6.18. The maximum absolute atomic E-state index is 5.54. The lowest BCUT2D eigenvalue weighted by atomic mass is 10.2. The van der Waals surface area contributed by atoms with Gasteiger partial charge in [0.15, 0.2) is 0 Å². The summed E-state index contributed by atoms with van der Waals surface area (Å²) in [6.45, 7) is 0. The molecule has 1 aromatic rings. The van der Waals surface area contributed by atoms with Crippen LogP contribution in [0.2, 0.25) is 0 Å². The van der Waals surface area contributed by atoms with Gasteiger partial charge in [0.1, 0.15) is 0 Å². The summed E-state index contributed by atoms with van der Waals surface area (Å²) in [5.41, 5.74) is 2.21. The molecule has 0 spiro atoms. The van der Waals surface area contributed by atoms with Crippen LogP contribution in [0.15, 0.2) is 24.3 Å². The fourth-order valence-corrected chi connectivity index (χ4v) is 1.17. The van der Waals surface area contributed by atoms with Gasteiger partial charge in [-0.3, -0.25) is 0 Å². The molecule has 0 N–H and O–H groups in total. The largest absolute Gasteiger partial charge is 0.378 e. The van der Waals surface area contributed by atoms with E-state index < -0.39 is 0 Å². The minimum absolute atomic E-state index is 0.598. The third-order valence-corrected chi connectivity index (χ3v) is 2.00. The number of nitrogens with zero attached hydrogens (tertiary/aromatic N) is 1. The smallest absolute Gasteiger partial charge is 0.0373 e. The van der Waals surface area contributed by atoms with Crippen molar-refractivity contribution in [2.45, 2.75) is 6.42 Å². The molecule has 0 heterocycles. The summed E-state index contributed by atoms with van der Waals surface area (Å²) in [6, 6.07) is 8.15. The van der Waals surface area contributed by atoms with E-state index in [1.165, 1.54) is 5.69 Å². The van der Waals surface area contributed by atoms with Gasteiger partial charge in [-0.05, 0) is 18.2 Å². The molecule has 0 aliphatic heterocycles. The fourth-order valence-electron chi connectivity index (χ4n) is 1.07. The second-order valence-electron chi connectivity index (χ2n) is 3.19. The van der Waals surface area contributed by atoms with Crippen LogP contribution in [0, 0.1) is 11.8 Å². The predicted molar refractivity (Wildman–Crippen MR) is 63.0 cm³/mol. The van der Waals surface area contributed by atoms with Crippen LogP contribution in [-0.4, -0.2) is 20.0 Å². The topological polar surface area (TPSA) is 3.24 Å². The molecule has 1 aromatic carbocycles. The Kier molecular flexibility index (Phi) is 4.35. The van der Waals surface area contributed by atoms with Gasteiger partial charge in [-0.2, -0.15) is 0 Å². The highest BCUT2D eigenvalue weighted by atomic mass is 35.5. The lowest BCUT2D eigenvalue weighted by Gasteiger charge is -2.11. The van der Waals surface area contributed by atoms with Gasteiger partial charge < -0.3 is 4.90 Å². The van der Waals surface area contributed by atoms with E-state index in [-0.39, 0.29) is 0 Å². The number of anilines is 1. The Morgan fingerprint density at radius 2 is 2.14 bits per heavy atom. The third-order valence-electron chi connectivity index (χ3n) is 1.81. The number of hydrogen-bond donors (Lipinski definition) is 0. The van der Waals surface area contributed by atoms with E-state index in [0.29, 0.717) is 5.88 Å². The normalized spacial score (nSPS) is 9.07. The Labute approximate surface area is 90.7 Å². The fraction of sp³-hybridized carbons (Fsp3) is 0.333. The van der Waals surface area contributed by atoms with Crippen molar-refractivity contribution in [2.75, 3.05) is 24.9 Å². The molecule has 0 aromatic heterocycles. The lowest BCUT2D eigenvalue weighted by molar-refractivity contribution is 1.13. The van der Waals surface area contributed by atoms with E-state index in [0.717, 1.165) is 12.0 Å². The van der Waals surface area contributed by atoms with Crippen molar-refractivity contribution >= 4 is 17.3 Å². The van der Waals surface area contributed by atoms with Crippen molar-refractivity contribution in [2.24, 2.45) is 0 Å². The molecule has 0 saturated heterocycles. The Bertz CT molecular complexity index is 347. The van der Waals surface area contributed by atoms with Crippen molar-refractivity contribution in [1.82, 2.24) is 0 Å². The standard InChI is InChI=1S/C12H14ClN/c1-14(2)12-8-5-7-11(10-12)6-3-4-9-13/h5,7-8,10H,4,9H2,1-2H3. The quantitative estimate of drug-likeness (QED) is 0.533. The van der Waals surface area contributed by atoms with E-state index in [1.807, 2.05) is 26.2 Å². The zero-order chi connectivity index (χ0) is 10.4. The van der Waals surface area contributed by atoms with Crippen molar-refractivity contribution in [1.29, 1.82) is 0 Å². The lowest BCUT2D eigenvalue weighted by Crippen LogP contribution is -2.08. The maximum Gasteiger partial charge on any atom is 0.0373 e. The summed E-state index contributed by atoms with van der Waals surface area (Å²) >= 11 is 5.54. The average molecular weight is 208 g/mol. The number of rotatable bonds is 2. The van der Waals surface area contributed by atoms with Gasteiger partial charge in [-0.25, -0.2) is 0 Å². The summed E-state index contributed by atoms with van der Waals surface area (Å²) in [4.78, 5) is 2.06. The number of hydrogen-bond acceptors (Lipinski definition) is 1. The first-order valence-corrected chi connectivity index (χ1v) is 5.09. The zero-order valence-electron chi connectivity index (χ0n) is 8.55. The summed E-state index contributed by atoms with van der Waals surface area (Å²) in [5, 5.41) is 0. The Hall–Kier alpha value is -1.13. The Morgan fingerprint density at radius 3 is 2.79 bits per heavy atom. The molecule has 74 valence electrons. The zero-order valence-corrected chi connectivity index (χ0v) is 9.30. The SMILES string of the molecule is CN(C)c1cccc(C#CCCCl)c1. The molecule has 0 bridgehead atoms. The summed E-state index contributed by atoms with van der Waals surface area (Å²) in [5.74, 6) is 6.69. The number of benzene rings is 1. The summed E-state index contributed by atoms with van der Waals surface area (Å²) in [7, 11) is 4.04. The highest BCUT2D eigenvalue weighted by Gasteiger charge is 1.94. The van der Waals surface area contributed by atoms with Crippen molar-refractivity contribution < 1.29 is 0 Å². The molecule has 0 saturated carbocycles. The minimum Gasteiger partial charge on any atom is -0.378 e. The molecular weight excluding hydrogens is 194 g/mol. The molecule has 2 heteroatoms. The molecule has 0 fully saturated rings. The molecule has 0 unspecified atom stereocenters. The molecule has 1 rings (SSSR count). The minimum atomic E-state index is 0.598. The van der Waals surface area contributed by atoms with Gasteiger partial charge in [-0.15, -0.1) is 11.6 Å². The maximum atomic E-state index is 5.54. The van der Waals surface area contributed by atoms with E-state index in [1.54, 1.807) is 0 Å². The molecule has 0 aliphatic rings. The molecule has 0 atom stereocenters. The molecule has 14 heavy (non-hydrogen) atoms. The Morgan fingerprint density at radius 1 is 1.36 bits per heavy atom. The van der Waals surface area contributed by atoms with Crippen LogP contribution in [0.4, 0.5) is 5.69 Å². The van der Waals surface area contributed by atoms with Gasteiger partial charge >= 0.3 is 0 Å². The van der Waals surface area contributed by atoms with Gasteiger partial charge in [0, 0.05) is 37.6 Å². The van der Waals surface area contributed by atoms with Crippen LogP contribution in [-0.2, 0) is 0 Å². The monoisotopic (exact) mass is 207 g/mol. The first kappa shape index (κ1) is 10.9. The van der Waals surface area contributed by atoms with E-state index in [9.17, 15) is 0 Å². The van der Waals surface area contributed by atoms with Crippen LogP contribution >= 0.6 is 11.6 Å². The van der Waals surface area contributed by atoms with Crippen LogP contribution in [0.3, 0.4) is 0 Å². The van der Waals surface area contributed by atoms with E-state index in [4.69, 9.17) is 11.6 Å². The molecular formula is C12H14ClN. The van der Waals surface area contributed by atoms with Crippen LogP contribution < -0.4 is 4.90 Å². The first-order valence-electron chi connectivity index (χ1n) is 4.56. The molecule has 1 nitrogen and oxygen atoms in total. The number of halogens is 1. The first-order chi connectivity index (χ1) is 6.74. The molecule has 0 radical (unpaired) electrons. The van der Waals surface area contributed by atoms with Gasteiger partial charge in [-0.1, -0.05) is 17.9 Å². The average Bonchev–Trinajstić information content (AvgIpc) is 2.19. The van der Waals surface area contributed by atoms with Gasteiger partial charge in [0.2, 0.25) is 0 Å². The van der Waals surface area contributed by atoms with Crippen LogP contribution in [0.5, 0.6) is 0 Å². The van der Waals surface area contributed by atoms with Gasteiger partial charge in [0.05, 0.1) is 0 Å². The van der Waals surface area contributed by atoms with E-state index in [2.05, 4.69) is 28.9 Å². The van der Waals surface area contributed by atoms with Gasteiger partial charge in [0.25, 0.3) is 0 Å². The highest BCUT2D eigenvalue weighted by Crippen LogP contribution is 2.12. The Balaban J connectivity index is 2.80. The van der Waals surface area contributed by atoms with Crippen LogP contribution in [0.1, 0.15) is 12.0 Å². The third kappa shape index (κ3) is 3.32. The summed E-state index contributed by atoms with van der Waals surface area (Å²) in [6.07, 6.45) is 0.744. The van der Waals surface area contributed by atoms with Crippen LogP contribution in [0.25, 0.3) is 0 Å². The summed E-state index contributed by atoms with van der Waals surface area (Å²) < 4.78 is 0. The predicted octanol–water partition coefficient (Wildman–Crippen LogP) is 2.73.